The fourth-order valence-corrected chi connectivity index (χ4v) is 1.73. The number of amides is 1. The van der Waals surface area contributed by atoms with Gasteiger partial charge in [-0.1, -0.05) is 20.8 Å². The number of halogens is 1. The molecule has 0 bridgehead atoms. The summed E-state index contributed by atoms with van der Waals surface area (Å²) in [6.45, 7) is 9.37. The lowest BCUT2D eigenvalue weighted by Crippen LogP contribution is -2.40. The highest BCUT2D eigenvalue weighted by atomic mass is 35.5. The summed E-state index contributed by atoms with van der Waals surface area (Å²) in [5.74, 6) is 1.70. The number of piperidine rings is 1. The van der Waals surface area contributed by atoms with E-state index in [9.17, 15) is 4.79 Å². The molecule has 4 heteroatoms. The molecule has 1 aliphatic rings. The van der Waals surface area contributed by atoms with Gasteiger partial charge in [-0.25, -0.2) is 0 Å². The SMILES string of the molecule is CC(C)C(C)CNC(=O)C1CCNCC1.Cl. The van der Waals surface area contributed by atoms with Gasteiger partial charge < -0.3 is 10.6 Å². The lowest BCUT2D eigenvalue weighted by Gasteiger charge is -2.23. The summed E-state index contributed by atoms with van der Waals surface area (Å²) >= 11 is 0. The predicted octanol–water partition coefficient (Wildman–Crippen LogP) is 1.82. The van der Waals surface area contributed by atoms with Crippen molar-refractivity contribution in [3.05, 3.63) is 0 Å². The lowest BCUT2D eigenvalue weighted by molar-refractivity contribution is -0.125. The fourth-order valence-electron chi connectivity index (χ4n) is 1.73. The van der Waals surface area contributed by atoms with Gasteiger partial charge in [0.05, 0.1) is 0 Å². The normalized spacial score (nSPS) is 19.0. The van der Waals surface area contributed by atoms with Crippen LogP contribution in [0.2, 0.25) is 0 Å². The van der Waals surface area contributed by atoms with Crippen LogP contribution in [-0.2, 0) is 4.79 Å². The average Bonchev–Trinajstić information content (AvgIpc) is 2.26. The minimum absolute atomic E-state index is 0. The standard InChI is InChI=1S/C12H24N2O.ClH/c1-9(2)10(3)8-14-12(15)11-4-6-13-7-5-11;/h9-11,13H,4-8H2,1-3H3,(H,14,15);1H. The van der Waals surface area contributed by atoms with Crippen LogP contribution in [0.5, 0.6) is 0 Å². The Balaban J connectivity index is 0.00000225. The van der Waals surface area contributed by atoms with Gasteiger partial charge in [0.15, 0.2) is 0 Å². The molecule has 1 atom stereocenters. The highest BCUT2D eigenvalue weighted by Crippen LogP contribution is 2.12. The smallest absolute Gasteiger partial charge is 0.223 e. The van der Waals surface area contributed by atoms with Crippen molar-refractivity contribution in [3.8, 4) is 0 Å². The summed E-state index contributed by atoms with van der Waals surface area (Å²) in [4.78, 5) is 11.8. The van der Waals surface area contributed by atoms with Crippen LogP contribution in [0.4, 0.5) is 0 Å². The number of hydrogen-bond donors (Lipinski definition) is 2. The molecule has 0 aromatic rings. The quantitative estimate of drug-likeness (QED) is 0.797. The highest BCUT2D eigenvalue weighted by Gasteiger charge is 2.21. The largest absolute Gasteiger partial charge is 0.356 e. The first-order valence-electron chi connectivity index (χ1n) is 6.09. The molecular formula is C12H25ClN2O. The topological polar surface area (TPSA) is 41.1 Å². The van der Waals surface area contributed by atoms with Gasteiger partial charge in [-0.05, 0) is 37.8 Å². The van der Waals surface area contributed by atoms with Gasteiger partial charge in [-0.3, -0.25) is 4.79 Å². The van der Waals surface area contributed by atoms with E-state index in [4.69, 9.17) is 0 Å². The van der Waals surface area contributed by atoms with Crippen molar-refractivity contribution in [1.82, 2.24) is 10.6 Å². The summed E-state index contributed by atoms with van der Waals surface area (Å²) in [7, 11) is 0. The van der Waals surface area contributed by atoms with E-state index in [-0.39, 0.29) is 24.2 Å². The molecule has 1 fully saturated rings. The summed E-state index contributed by atoms with van der Waals surface area (Å²) in [5.41, 5.74) is 0. The van der Waals surface area contributed by atoms with Gasteiger partial charge >= 0.3 is 0 Å². The zero-order valence-corrected chi connectivity index (χ0v) is 11.4. The lowest BCUT2D eigenvalue weighted by atomic mass is 9.95. The van der Waals surface area contributed by atoms with Crippen molar-refractivity contribution in [2.45, 2.75) is 33.6 Å². The van der Waals surface area contributed by atoms with Crippen molar-refractivity contribution < 1.29 is 4.79 Å². The minimum atomic E-state index is 0. The highest BCUT2D eigenvalue weighted by molar-refractivity contribution is 5.85. The van der Waals surface area contributed by atoms with Crippen LogP contribution in [0.1, 0.15) is 33.6 Å². The van der Waals surface area contributed by atoms with Gasteiger partial charge in [-0.15, -0.1) is 12.4 Å². The Labute approximate surface area is 105 Å². The Kier molecular flexibility index (Phi) is 7.77. The Hall–Kier alpha value is -0.280. The van der Waals surface area contributed by atoms with E-state index in [0.717, 1.165) is 32.5 Å². The molecule has 16 heavy (non-hydrogen) atoms. The number of hydrogen-bond acceptors (Lipinski definition) is 2. The second kappa shape index (κ2) is 7.91. The first kappa shape index (κ1) is 15.7. The molecule has 1 heterocycles. The second-order valence-electron chi connectivity index (χ2n) is 4.99. The van der Waals surface area contributed by atoms with Crippen LogP contribution in [0.3, 0.4) is 0 Å². The second-order valence-corrected chi connectivity index (χ2v) is 4.99. The van der Waals surface area contributed by atoms with E-state index >= 15 is 0 Å². The van der Waals surface area contributed by atoms with E-state index in [1.54, 1.807) is 0 Å². The van der Waals surface area contributed by atoms with E-state index in [1.807, 2.05) is 0 Å². The average molecular weight is 249 g/mol. The van der Waals surface area contributed by atoms with Gasteiger partial charge in [-0.2, -0.15) is 0 Å². The Morgan fingerprint density at radius 1 is 1.31 bits per heavy atom. The number of rotatable bonds is 4. The summed E-state index contributed by atoms with van der Waals surface area (Å²) in [6, 6.07) is 0. The van der Waals surface area contributed by atoms with Crippen molar-refractivity contribution in [2.75, 3.05) is 19.6 Å². The Bertz CT molecular complexity index is 203. The maximum absolute atomic E-state index is 11.8. The number of carbonyl (C=O) groups excluding carboxylic acids is 1. The number of nitrogens with one attached hydrogen (secondary N) is 2. The van der Waals surface area contributed by atoms with Gasteiger partial charge in [0.25, 0.3) is 0 Å². The van der Waals surface area contributed by atoms with Gasteiger partial charge in [0.1, 0.15) is 0 Å². The van der Waals surface area contributed by atoms with Crippen LogP contribution in [0.15, 0.2) is 0 Å². The molecule has 0 aliphatic carbocycles. The maximum atomic E-state index is 11.8. The van der Waals surface area contributed by atoms with E-state index in [1.165, 1.54) is 0 Å². The predicted molar refractivity (Wildman–Crippen MR) is 69.9 cm³/mol. The molecule has 3 nitrogen and oxygen atoms in total. The van der Waals surface area contributed by atoms with Crippen LogP contribution in [-0.4, -0.2) is 25.5 Å². The monoisotopic (exact) mass is 248 g/mol. The van der Waals surface area contributed by atoms with Crippen LogP contribution in [0, 0.1) is 17.8 Å². The molecule has 96 valence electrons. The van der Waals surface area contributed by atoms with Crippen LogP contribution in [0.25, 0.3) is 0 Å². The Morgan fingerprint density at radius 3 is 2.38 bits per heavy atom. The van der Waals surface area contributed by atoms with E-state index in [0.29, 0.717) is 11.8 Å². The molecule has 1 rings (SSSR count). The molecule has 0 saturated carbocycles. The van der Waals surface area contributed by atoms with Crippen molar-refractivity contribution in [3.63, 3.8) is 0 Å². The molecule has 0 aromatic carbocycles. The molecular weight excluding hydrogens is 224 g/mol. The van der Waals surface area contributed by atoms with Gasteiger partial charge in [0.2, 0.25) is 5.91 Å². The molecule has 1 saturated heterocycles. The molecule has 1 amide bonds. The molecule has 0 aromatic heterocycles. The van der Waals surface area contributed by atoms with Crippen molar-refractivity contribution >= 4 is 18.3 Å². The fraction of sp³-hybridized carbons (Fsp3) is 0.917. The van der Waals surface area contributed by atoms with Gasteiger partial charge in [0, 0.05) is 12.5 Å². The molecule has 0 spiro atoms. The zero-order valence-electron chi connectivity index (χ0n) is 10.6. The summed E-state index contributed by atoms with van der Waals surface area (Å²) < 4.78 is 0. The first-order chi connectivity index (χ1) is 7.11. The third-order valence-corrected chi connectivity index (χ3v) is 3.45. The maximum Gasteiger partial charge on any atom is 0.223 e. The van der Waals surface area contributed by atoms with Crippen molar-refractivity contribution in [2.24, 2.45) is 17.8 Å². The molecule has 1 aliphatic heterocycles. The van der Waals surface area contributed by atoms with E-state index in [2.05, 4.69) is 31.4 Å². The minimum Gasteiger partial charge on any atom is -0.356 e. The third kappa shape index (κ3) is 5.17. The molecule has 1 unspecified atom stereocenters. The van der Waals surface area contributed by atoms with Crippen LogP contribution < -0.4 is 10.6 Å². The summed E-state index contributed by atoms with van der Waals surface area (Å²) in [6.07, 6.45) is 1.98. The summed E-state index contributed by atoms with van der Waals surface area (Å²) in [5, 5.41) is 6.34. The van der Waals surface area contributed by atoms with Crippen molar-refractivity contribution in [1.29, 1.82) is 0 Å². The molecule has 2 N–H and O–H groups in total. The molecule has 0 radical (unpaired) electrons. The van der Waals surface area contributed by atoms with E-state index < -0.39 is 0 Å². The number of carbonyl (C=O) groups is 1. The zero-order chi connectivity index (χ0) is 11.3. The first-order valence-corrected chi connectivity index (χ1v) is 6.09. The Morgan fingerprint density at radius 2 is 1.88 bits per heavy atom. The van der Waals surface area contributed by atoms with Crippen LogP contribution >= 0.6 is 12.4 Å². The third-order valence-electron chi connectivity index (χ3n) is 3.45.